The van der Waals surface area contributed by atoms with Crippen LogP contribution < -0.4 is 15.0 Å². The summed E-state index contributed by atoms with van der Waals surface area (Å²) < 4.78 is 12.9. The molecule has 6 nitrogen and oxygen atoms in total. The molecule has 0 radical (unpaired) electrons. The number of fused-ring (bicyclic) bond motifs is 2. The average Bonchev–Trinajstić information content (AvgIpc) is 3.10. The highest BCUT2D eigenvalue weighted by atomic mass is 32.1. The van der Waals surface area contributed by atoms with Gasteiger partial charge < -0.3 is 19.4 Å². The molecule has 0 saturated carbocycles. The van der Waals surface area contributed by atoms with E-state index in [-0.39, 0.29) is 12.4 Å². The molecule has 140 valence electrons. The SMILES string of the molecule is CC[C@H]1CCCCN1CCCn1c(=S)[nH]c2cc3c(cc2c1=O)OCO3. The van der Waals surface area contributed by atoms with Gasteiger partial charge in [-0.2, -0.15) is 0 Å². The Morgan fingerprint density at radius 1 is 1.23 bits per heavy atom. The molecule has 1 aromatic heterocycles. The van der Waals surface area contributed by atoms with Crippen LogP contribution in [0.25, 0.3) is 10.9 Å². The van der Waals surface area contributed by atoms with Crippen molar-refractivity contribution in [2.45, 2.75) is 51.6 Å². The Kier molecular flexibility index (Phi) is 5.00. The number of benzene rings is 1. The molecule has 1 atom stereocenters. The van der Waals surface area contributed by atoms with Gasteiger partial charge in [0.1, 0.15) is 0 Å². The third-order valence-corrected chi connectivity index (χ3v) is 5.84. The molecule has 0 spiro atoms. The third kappa shape index (κ3) is 3.25. The van der Waals surface area contributed by atoms with E-state index in [1.807, 2.05) is 0 Å². The maximum atomic E-state index is 12.9. The second-order valence-electron chi connectivity index (χ2n) is 7.09. The number of hydrogen-bond donors (Lipinski definition) is 1. The van der Waals surface area contributed by atoms with Gasteiger partial charge >= 0.3 is 0 Å². The smallest absolute Gasteiger partial charge is 0.262 e. The van der Waals surface area contributed by atoms with Crippen LogP contribution >= 0.6 is 12.2 Å². The molecule has 0 aliphatic carbocycles. The zero-order valence-electron chi connectivity index (χ0n) is 15.1. The fourth-order valence-electron chi connectivity index (χ4n) is 4.09. The zero-order chi connectivity index (χ0) is 18.1. The minimum atomic E-state index is -0.0623. The van der Waals surface area contributed by atoms with Crippen LogP contribution in [0.4, 0.5) is 0 Å². The molecule has 1 saturated heterocycles. The predicted molar refractivity (Wildman–Crippen MR) is 104 cm³/mol. The summed E-state index contributed by atoms with van der Waals surface area (Å²) >= 11 is 5.43. The number of likely N-dealkylation sites (tertiary alicyclic amines) is 1. The van der Waals surface area contributed by atoms with E-state index >= 15 is 0 Å². The lowest BCUT2D eigenvalue weighted by Gasteiger charge is -2.35. The molecule has 0 amide bonds. The first-order chi connectivity index (χ1) is 12.7. The number of hydrogen-bond acceptors (Lipinski definition) is 5. The predicted octanol–water partition coefficient (Wildman–Crippen LogP) is 3.44. The van der Waals surface area contributed by atoms with E-state index in [0.29, 0.717) is 39.8 Å². The minimum Gasteiger partial charge on any atom is -0.454 e. The summed E-state index contributed by atoms with van der Waals surface area (Å²) in [4.78, 5) is 18.7. The summed E-state index contributed by atoms with van der Waals surface area (Å²) in [5.41, 5.74) is 0.635. The van der Waals surface area contributed by atoms with Gasteiger partial charge in [-0.25, -0.2) is 0 Å². The van der Waals surface area contributed by atoms with Crippen LogP contribution in [0.1, 0.15) is 39.0 Å². The number of nitrogens with one attached hydrogen (secondary N) is 1. The zero-order valence-corrected chi connectivity index (χ0v) is 15.9. The molecular formula is C19H25N3O3S. The van der Waals surface area contributed by atoms with Gasteiger partial charge in [0.25, 0.3) is 5.56 Å². The Balaban J connectivity index is 1.54. The molecule has 2 aliphatic heterocycles. The van der Waals surface area contributed by atoms with E-state index < -0.39 is 0 Å². The molecule has 26 heavy (non-hydrogen) atoms. The van der Waals surface area contributed by atoms with Crippen LogP contribution in [-0.2, 0) is 6.54 Å². The van der Waals surface area contributed by atoms with E-state index in [1.165, 1.54) is 32.2 Å². The first-order valence-electron chi connectivity index (χ1n) is 9.48. The van der Waals surface area contributed by atoms with Gasteiger partial charge in [-0.15, -0.1) is 0 Å². The van der Waals surface area contributed by atoms with Gasteiger partial charge in [0.2, 0.25) is 6.79 Å². The second-order valence-corrected chi connectivity index (χ2v) is 7.47. The Hall–Kier alpha value is -1.86. The molecule has 1 aromatic carbocycles. The number of nitrogens with zero attached hydrogens (tertiary/aromatic N) is 2. The maximum absolute atomic E-state index is 12.9. The molecule has 0 unspecified atom stereocenters. The Morgan fingerprint density at radius 3 is 2.85 bits per heavy atom. The summed E-state index contributed by atoms with van der Waals surface area (Å²) in [5, 5.41) is 0.590. The molecule has 1 fully saturated rings. The quantitative estimate of drug-likeness (QED) is 0.811. The maximum Gasteiger partial charge on any atom is 0.262 e. The van der Waals surface area contributed by atoms with Crippen LogP contribution in [0.5, 0.6) is 11.5 Å². The standard InChI is InChI=1S/C19H25N3O3S/c1-2-13-6-3-4-7-21(13)8-5-9-22-18(23)14-10-16-17(25-12-24-16)11-15(14)20-19(22)26/h10-11,13H,2-9,12H2,1H3,(H,20,26)/t13-/m0/s1. The number of aromatic amines is 1. The van der Waals surface area contributed by atoms with Crippen LogP contribution in [0, 0.1) is 4.77 Å². The summed E-state index contributed by atoms with van der Waals surface area (Å²) in [7, 11) is 0. The topological polar surface area (TPSA) is 59.5 Å². The summed E-state index contributed by atoms with van der Waals surface area (Å²) in [6.45, 7) is 5.26. The Morgan fingerprint density at radius 2 is 2.04 bits per heavy atom. The van der Waals surface area contributed by atoms with E-state index in [0.717, 1.165) is 13.0 Å². The first-order valence-corrected chi connectivity index (χ1v) is 9.88. The largest absolute Gasteiger partial charge is 0.454 e. The van der Waals surface area contributed by atoms with Crippen molar-refractivity contribution in [3.8, 4) is 11.5 Å². The van der Waals surface area contributed by atoms with Crippen molar-refractivity contribution >= 4 is 23.1 Å². The molecule has 2 aliphatic rings. The van der Waals surface area contributed by atoms with Crippen molar-refractivity contribution in [3.63, 3.8) is 0 Å². The molecule has 0 bridgehead atoms. The third-order valence-electron chi connectivity index (χ3n) is 5.52. The van der Waals surface area contributed by atoms with E-state index in [9.17, 15) is 4.79 Å². The molecular weight excluding hydrogens is 350 g/mol. The van der Waals surface area contributed by atoms with Gasteiger partial charge in [0.15, 0.2) is 16.3 Å². The molecule has 3 heterocycles. The van der Waals surface area contributed by atoms with Crippen LogP contribution in [0.15, 0.2) is 16.9 Å². The highest BCUT2D eigenvalue weighted by molar-refractivity contribution is 7.71. The van der Waals surface area contributed by atoms with Gasteiger partial charge in [-0.3, -0.25) is 9.36 Å². The van der Waals surface area contributed by atoms with Crippen LogP contribution in [-0.4, -0.2) is 40.4 Å². The highest BCUT2D eigenvalue weighted by Gasteiger charge is 2.20. The lowest BCUT2D eigenvalue weighted by Crippen LogP contribution is -2.40. The van der Waals surface area contributed by atoms with Crippen molar-refractivity contribution in [1.29, 1.82) is 0 Å². The lowest BCUT2D eigenvalue weighted by molar-refractivity contribution is 0.140. The number of ether oxygens (including phenoxy) is 2. The van der Waals surface area contributed by atoms with Gasteiger partial charge in [-0.1, -0.05) is 13.3 Å². The molecule has 4 rings (SSSR count). The van der Waals surface area contributed by atoms with Crippen molar-refractivity contribution in [2.24, 2.45) is 0 Å². The van der Waals surface area contributed by atoms with Crippen LogP contribution in [0.2, 0.25) is 0 Å². The second kappa shape index (κ2) is 7.40. The van der Waals surface area contributed by atoms with E-state index in [2.05, 4.69) is 16.8 Å². The molecule has 2 aromatic rings. The fraction of sp³-hybridized carbons (Fsp3) is 0.579. The fourth-order valence-corrected chi connectivity index (χ4v) is 4.38. The Bertz CT molecular complexity index is 921. The molecule has 7 heteroatoms. The first kappa shape index (κ1) is 17.5. The van der Waals surface area contributed by atoms with Crippen molar-refractivity contribution < 1.29 is 9.47 Å². The van der Waals surface area contributed by atoms with E-state index in [1.54, 1.807) is 16.7 Å². The minimum absolute atomic E-state index is 0.0623. The van der Waals surface area contributed by atoms with Crippen LogP contribution in [0.3, 0.4) is 0 Å². The normalized spacial score (nSPS) is 20.0. The van der Waals surface area contributed by atoms with Gasteiger partial charge in [0.05, 0.1) is 10.9 Å². The van der Waals surface area contributed by atoms with Gasteiger partial charge in [0, 0.05) is 25.2 Å². The summed E-state index contributed by atoms with van der Waals surface area (Å²) in [6.07, 6.45) is 6.02. The van der Waals surface area contributed by atoms with Crippen molar-refractivity contribution in [3.05, 3.63) is 27.3 Å². The van der Waals surface area contributed by atoms with Crippen molar-refractivity contribution in [2.75, 3.05) is 19.9 Å². The van der Waals surface area contributed by atoms with Crippen molar-refractivity contribution in [1.82, 2.24) is 14.5 Å². The summed E-state index contributed by atoms with van der Waals surface area (Å²) in [5.74, 6) is 1.27. The Labute approximate surface area is 157 Å². The summed E-state index contributed by atoms with van der Waals surface area (Å²) in [6, 6.07) is 4.23. The number of piperidine rings is 1. The monoisotopic (exact) mass is 375 g/mol. The highest BCUT2D eigenvalue weighted by Crippen LogP contribution is 2.34. The average molecular weight is 375 g/mol. The number of rotatable bonds is 5. The van der Waals surface area contributed by atoms with Gasteiger partial charge in [-0.05, 0) is 50.5 Å². The number of aromatic nitrogens is 2. The molecule has 1 N–H and O–H groups in total. The number of H-pyrrole nitrogens is 1. The lowest BCUT2D eigenvalue weighted by atomic mass is 10.00. The van der Waals surface area contributed by atoms with E-state index in [4.69, 9.17) is 21.7 Å².